The van der Waals surface area contributed by atoms with Gasteiger partial charge in [0.1, 0.15) is 22.0 Å². The van der Waals surface area contributed by atoms with Gasteiger partial charge >= 0.3 is 0 Å². The average molecular weight is 447 g/mol. The molecule has 1 saturated heterocycles. The summed E-state index contributed by atoms with van der Waals surface area (Å²) in [5.74, 6) is -0.896. The number of nitrogens with zero attached hydrogens (tertiary/aromatic N) is 4. The molecule has 1 aliphatic rings. The zero-order valence-corrected chi connectivity index (χ0v) is 17.7. The van der Waals surface area contributed by atoms with E-state index in [1.54, 1.807) is 39.2 Å². The number of fused-ring (bicyclic) bond motifs is 1. The molecule has 30 heavy (non-hydrogen) atoms. The minimum absolute atomic E-state index is 0.117. The number of halogens is 1. The number of imidazole rings is 1. The van der Waals surface area contributed by atoms with Gasteiger partial charge in [0.25, 0.3) is 11.8 Å². The van der Waals surface area contributed by atoms with Crippen LogP contribution in [0, 0.1) is 0 Å². The minimum atomic E-state index is -0.422. The molecule has 0 radical (unpaired) electrons. The van der Waals surface area contributed by atoms with Crippen molar-refractivity contribution in [3.05, 3.63) is 51.3 Å². The molecule has 4 rings (SSSR count). The van der Waals surface area contributed by atoms with Crippen LogP contribution in [0.4, 0.5) is 0 Å². The zero-order chi connectivity index (χ0) is 21.3. The number of carbonyl (C=O) groups excluding carboxylic acids is 3. The number of hydrogen-bond acceptors (Lipinski definition) is 6. The number of likely N-dealkylation sites (N-methyl/N-ethyl adjacent to an activating group) is 1. The molecule has 4 heterocycles. The molecule has 0 aliphatic carbocycles. The number of aromatic nitrogens is 3. The van der Waals surface area contributed by atoms with Crippen LogP contribution in [0.1, 0.15) is 44.9 Å². The molecular weight excluding hydrogens is 428 g/mol. The Labute approximate surface area is 181 Å². The molecule has 0 unspecified atom stereocenters. The van der Waals surface area contributed by atoms with Crippen LogP contribution in [0.5, 0.6) is 0 Å². The molecule has 1 fully saturated rings. The second-order valence-electron chi connectivity index (χ2n) is 6.82. The molecule has 1 atom stereocenters. The molecule has 9 nitrogen and oxygen atoms in total. The fraction of sp³-hybridized carbons (Fsp3) is 0.316. The summed E-state index contributed by atoms with van der Waals surface area (Å²) in [6.07, 6.45) is 4.97. The van der Waals surface area contributed by atoms with E-state index in [2.05, 4.69) is 20.6 Å². The number of carbonyl (C=O) groups is 3. The van der Waals surface area contributed by atoms with E-state index in [9.17, 15) is 14.4 Å². The Hall–Kier alpha value is -2.98. The maximum absolute atomic E-state index is 13.1. The smallest absolute Gasteiger partial charge is 0.274 e. The van der Waals surface area contributed by atoms with Gasteiger partial charge in [0.2, 0.25) is 5.91 Å². The van der Waals surface area contributed by atoms with Gasteiger partial charge in [0.05, 0.1) is 17.6 Å². The highest BCUT2D eigenvalue weighted by atomic mass is 35.5. The van der Waals surface area contributed by atoms with E-state index >= 15 is 0 Å². The largest absolute Gasteiger partial charge is 0.358 e. The standard InChI is InChI=1S/C19H19ClN6O3S/c1-21-16(27)7-22-17(28)13-10-30-18(24-13)14-3-2-6-26(14)19(29)12-9-25-8-11(20)4-5-15(25)23-12/h4-5,8-10,14H,2-3,6-7H2,1H3,(H,21,27)(H,22,28)/t14-/m1/s1. The van der Waals surface area contributed by atoms with Gasteiger partial charge in [-0.25, -0.2) is 9.97 Å². The van der Waals surface area contributed by atoms with Gasteiger partial charge in [0.15, 0.2) is 0 Å². The highest BCUT2D eigenvalue weighted by molar-refractivity contribution is 7.09. The molecule has 0 aromatic carbocycles. The van der Waals surface area contributed by atoms with Crippen LogP contribution >= 0.6 is 22.9 Å². The first-order valence-electron chi connectivity index (χ1n) is 9.35. The molecule has 3 aromatic heterocycles. The summed E-state index contributed by atoms with van der Waals surface area (Å²) in [7, 11) is 1.50. The van der Waals surface area contributed by atoms with Crippen LogP contribution in [0.15, 0.2) is 29.9 Å². The Morgan fingerprint density at radius 2 is 2.07 bits per heavy atom. The first kappa shape index (κ1) is 20.3. The summed E-state index contributed by atoms with van der Waals surface area (Å²) in [5.41, 5.74) is 1.22. The maximum Gasteiger partial charge on any atom is 0.274 e. The van der Waals surface area contributed by atoms with Crippen molar-refractivity contribution < 1.29 is 14.4 Å². The summed E-state index contributed by atoms with van der Waals surface area (Å²) in [4.78, 5) is 47.2. The quantitative estimate of drug-likeness (QED) is 0.622. The molecule has 2 N–H and O–H groups in total. The van der Waals surface area contributed by atoms with E-state index < -0.39 is 5.91 Å². The van der Waals surface area contributed by atoms with Crippen molar-refractivity contribution in [1.29, 1.82) is 0 Å². The van der Waals surface area contributed by atoms with Gasteiger partial charge in [-0.1, -0.05) is 11.6 Å². The Morgan fingerprint density at radius 3 is 2.87 bits per heavy atom. The van der Waals surface area contributed by atoms with Crippen molar-refractivity contribution >= 4 is 46.3 Å². The van der Waals surface area contributed by atoms with Crippen molar-refractivity contribution in [2.24, 2.45) is 0 Å². The number of nitrogens with one attached hydrogen (secondary N) is 2. The lowest BCUT2D eigenvalue weighted by Crippen LogP contribution is -2.35. The first-order valence-corrected chi connectivity index (χ1v) is 10.6. The van der Waals surface area contributed by atoms with Crippen LogP contribution in [-0.4, -0.2) is 57.1 Å². The number of thiazole rings is 1. The normalized spacial score (nSPS) is 16.1. The first-order chi connectivity index (χ1) is 14.5. The third-order valence-electron chi connectivity index (χ3n) is 4.88. The van der Waals surface area contributed by atoms with Crippen LogP contribution in [-0.2, 0) is 4.79 Å². The molecule has 0 saturated carbocycles. The van der Waals surface area contributed by atoms with E-state index in [1.807, 2.05) is 0 Å². The predicted molar refractivity (Wildman–Crippen MR) is 112 cm³/mol. The number of rotatable bonds is 5. The molecule has 11 heteroatoms. The molecular formula is C19H19ClN6O3S. The van der Waals surface area contributed by atoms with Gasteiger partial charge in [-0.05, 0) is 25.0 Å². The highest BCUT2D eigenvalue weighted by Crippen LogP contribution is 2.34. The Kier molecular flexibility index (Phi) is 5.69. The van der Waals surface area contributed by atoms with Gasteiger partial charge < -0.3 is 19.9 Å². The lowest BCUT2D eigenvalue weighted by molar-refractivity contribution is -0.119. The second-order valence-corrected chi connectivity index (χ2v) is 8.15. The van der Waals surface area contributed by atoms with E-state index in [0.717, 1.165) is 12.8 Å². The minimum Gasteiger partial charge on any atom is -0.358 e. The SMILES string of the molecule is CNC(=O)CNC(=O)c1csc([C@H]2CCCN2C(=O)c2cn3cc(Cl)ccc3n2)n1. The topological polar surface area (TPSA) is 109 Å². The highest BCUT2D eigenvalue weighted by Gasteiger charge is 2.34. The van der Waals surface area contributed by atoms with Crippen LogP contribution in [0.3, 0.4) is 0 Å². The van der Waals surface area contributed by atoms with Crippen molar-refractivity contribution in [2.75, 3.05) is 20.1 Å². The van der Waals surface area contributed by atoms with E-state index in [0.29, 0.717) is 27.9 Å². The fourth-order valence-corrected chi connectivity index (χ4v) is 4.48. The summed E-state index contributed by atoms with van der Waals surface area (Å²) in [6.45, 7) is 0.476. The molecule has 156 valence electrons. The Bertz CT molecular complexity index is 1130. The van der Waals surface area contributed by atoms with Gasteiger partial charge in [-0.3, -0.25) is 14.4 Å². The molecule has 3 aromatic rings. The lowest BCUT2D eigenvalue weighted by atomic mass is 10.2. The molecule has 3 amide bonds. The third kappa shape index (κ3) is 4.01. The predicted octanol–water partition coefficient (Wildman–Crippen LogP) is 1.90. The van der Waals surface area contributed by atoms with Crippen LogP contribution in [0.2, 0.25) is 5.02 Å². The monoisotopic (exact) mass is 446 g/mol. The van der Waals surface area contributed by atoms with E-state index in [1.165, 1.54) is 18.4 Å². The summed E-state index contributed by atoms with van der Waals surface area (Å²) in [5, 5.41) is 7.85. The maximum atomic E-state index is 13.1. The zero-order valence-electron chi connectivity index (χ0n) is 16.1. The molecule has 1 aliphatic heterocycles. The molecule has 0 spiro atoms. The van der Waals surface area contributed by atoms with Crippen molar-refractivity contribution in [3.8, 4) is 0 Å². The number of likely N-dealkylation sites (tertiary alicyclic amines) is 1. The summed E-state index contributed by atoms with van der Waals surface area (Å²) >= 11 is 7.34. The number of hydrogen-bond donors (Lipinski definition) is 2. The van der Waals surface area contributed by atoms with Gasteiger partial charge in [0, 0.05) is 31.4 Å². The third-order valence-corrected chi connectivity index (χ3v) is 6.05. The van der Waals surface area contributed by atoms with E-state index in [-0.39, 0.29) is 30.1 Å². The van der Waals surface area contributed by atoms with Crippen molar-refractivity contribution in [1.82, 2.24) is 29.9 Å². The molecule has 0 bridgehead atoms. The summed E-state index contributed by atoms with van der Waals surface area (Å²) in [6, 6.07) is 3.27. The fourth-order valence-electron chi connectivity index (χ4n) is 3.37. The number of pyridine rings is 1. The van der Waals surface area contributed by atoms with Crippen molar-refractivity contribution in [3.63, 3.8) is 0 Å². The average Bonchev–Trinajstić information content (AvgIpc) is 3.49. The van der Waals surface area contributed by atoms with Crippen LogP contribution in [0.25, 0.3) is 5.65 Å². The van der Waals surface area contributed by atoms with E-state index in [4.69, 9.17) is 11.6 Å². The Balaban J connectivity index is 1.50. The Morgan fingerprint density at radius 1 is 1.23 bits per heavy atom. The second kappa shape index (κ2) is 8.41. The lowest BCUT2D eigenvalue weighted by Gasteiger charge is -2.22. The number of amides is 3. The summed E-state index contributed by atoms with van der Waals surface area (Å²) < 4.78 is 1.72. The van der Waals surface area contributed by atoms with Crippen molar-refractivity contribution in [2.45, 2.75) is 18.9 Å². The van der Waals surface area contributed by atoms with Gasteiger partial charge in [-0.2, -0.15) is 0 Å². The van der Waals surface area contributed by atoms with Crippen LogP contribution < -0.4 is 10.6 Å². The van der Waals surface area contributed by atoms with Gasteiger partial charge in [-0.15, -0.1) is 11.3 Å².